The van der Waals surface area contributed by atoms with Crippen molar-refractivity contribution in [1.29, 1.82) is 5.26 Å². The molecule has 0 aliphatic rings. The molecular formula is C36H28Cl2N8O3. The lowest BCUT2D eigenvalue weighted by Gasteiger charge is -2.11. The van der Waals surface area contributed by atoms with E-state index >= 15 is 0 Å². The van der Waals surface area contributed by atoms with Gasteiger partial charge in [0.2, 0.25) is 0 Å². The first-order valence-corrected chi connectivity index (χ1v) is 15.9. The maximum atomic E-state index is 9.38. The molecule has 0 spiro atoms. The molecular weight excluding hydrogens is 663 g/mol. The highest BCUT2D eigenvalue weighted by molar-refractivity contribution is 6.33. The molecule has 7 rings (SSSR count). The number of hydrogen-bond donors (Lipinski definition) is 1. The van der Waals surface area contributed by atoms with Crippen LogP contribution in [0.3, 0.4) is 0 Å². The Bertz CT molecular complexity index is 2330. The standard InChI is InChI=1S/C36H28Cl2N8O3/c1-47-26-7-3-22(4-8-26)19-40-33-14-11-29-32(45(43-36(29)41-33)20-23-5-9-27(48-2)10-6-23)21-46-31-13-12-30(38)35(34(31)42-44-46)49-28-16-24(18-39)15-25(37)17-28/h3-17H,19-21H2,1-2H3,(H,40,41,43). The van der Waals surface area contributed by atoms with Crippen LogP contribution in [0, 0.1) is 11.3 Å². The first-order chi connectivity index (χ1) is 23.9. The fourth-order valence-electron chi connectivity index (χ4n) is 5.45. The van der Waals surface area contributed by atoms with E-state index < -0.39 is 0 Å². The Morgan fingerprint density at radius 3 is 2.24 bits per heavy atom. The van der Waals surface area contributed by atoms with E-state index in [0.29, 0.717) is 69.2 Å². The van der Waals surface area contributed by atoms with Crippen molar-refractivity contribution in [2.24, 2.45) is 0 Å². The summed E-state index contributed by atoms with van der Waals surface area (Å²) in [6.45, 7) is 1.42. The number of aromatic nitrogens is 6. The van der Waals surface area contributed by atoms with E-state index in [1.165, 1.54) is 0 Å². The van der Waals surface area contributed by atoms with Crippen molar-refractivity contribution in [3.63, 3.8) is 0 Å². The van der Waals surface area contributed by atoms with Crippen LogP contribution in [0.25, 0.3) is 22.1 Å². The van der Waals surface area contributed by atoms with Crippen molar-refractivity contribution >= 4 is 51.1 Å². The van der Waals surface area contributed by atoms with Gasteiger partial charge in [0.15, 0.2) is 16.9 Å². The topological polar surface area (TPSA) is 125 Å². The third-order valence-corrected chi connectivity index (χ3v) is 8.47. The normalized spacial score (nSPS) is 11.1. The number of nitrogens with zero attached hydrogens (tertiary/aromatic N) is 7. The smallest absolute Gasteiger partial charge is 0.183 e. The van der Waals surface area contributed by atoms with Crippen LogP contribution in [0.5, 0.6) is 23.0 Å². The Morgan fingerprint density at radius 2 is 1.53 bits per heavy atom. The second kappa shape index (κ2) is 13.7. The molecule has 0 fully saturated rings. The van der Waals surface area contributed by atoms with Crippen LogP contribution in [0.1, 0.15) is 22.4 Å². The van der Waals surface area contributed by atoms with E-state index in [1.54, 1.807) is 43.2 Å². The lowest BCUT2D eigenvalue weighted by Crippen LogP contribution is -2.11. The minimum atomic E-state index is 0.308. The molecule has 1 N–H and O–H groups in total. The number of halogens is 2. The number of rotatable bonds is 11. The molecule has 244 valence electrons. The van der Waals surface area contributed by atoms with Crippen molar-refractivity contribution in [1.82, 2.24) is 29.8 Å². The molecule has 0 atom stereocenters. The van der Waals surface area contributed by atoms with Gasteiger partial charge >= 0.3 is 0 Å². The Balaban J connectivity index is 1.23. The lowest BCUT2D eigenvalue weighted by molar-refractivity contribution is 0.414. The van der Waals surface area contributed by atoms with Gasteiger partial charge in [0, 0.05) is 17.0 Å². The van der Waals surface area contributed by atoms with Gasteiger partial charge in [-0.1, -0.05) is 52.7 Å². The van der Waals surface area contributed by atoms with Crippen molar-refractivity contribution in [2.45, 2.75) is 19.6 Å². The van der Waals surface area contributed by atoms with E-state index in [9.17, 15) is 5.26 Å². The molecule has 3 heterocycles. The summed E-state index contributed by atoms with van der Waals surface area (Å²) >= 11 is 12.8. The van der Waals surface area contributed by atoms with Crippen LogP contribution < -0.4 is 19.5 Å². The molecule has 0 aliphatic carbocycles. The molecule has 0 saturated heterocycles. The van der Waals surface area contributed by atoms with Crippen LogP contribution >= 0.6 is 23.2 Å². The summed E-state index contributed by atoms with van der Waals surface area (Å²) in [4.78, 5) is 4.86. The third kappa shape index (κ3) is 6.78. The molecule has 11 nitrogen and oxygen atoms in total. The number of pyridine rings is 1. The summed E-state index contributed by atoms with van der Waals surface area (Å²) in [5, 5.41) is 28.2. The van der Waals surface area contributed by atoms with Crippen LogP contribution in [0.15, 0.2) is 91.0 Å². The quantitative estimate of drug-likeness (QED) is 0.144. The van der Waals surface area contributed by atoms with Gasteiger partial charge in [0.25, 0.3) is 0 Å². The number of nitriles is 1. The van der Waals surface area contributed by atoms with Crippen molar-refractivity contribution < 1.29 is 14.2 Å². The van der Waals surface area contributed by atoms with Gasteiger partial charge in [0.05, 0.1) is 55.2 Å². The number of nitrogens with one attached hydrogen (secondary N) is 1. The van der Waals surface area contributed by atoms with Gasteiger partial charge in [0.1, 0.15) is 23.1 Å². The predicted molar refractivity (Wildman–Crippen MR) is 188 cm³/mol. The number of ether oxygens (including phenoxy) is 3. The molecule has 0 aliphatic heterocycles. The number of fused-ring (bicyclic) bond motifs is 2. The molecule has 0 saturated carbocycles. The van der Waals surface area contributed by atoms with E-state index in [4.69, 9.17) is 47.5 Å². The molecule has 0 bridgehead atoms. The largest absolute Gasteiger partial charge is 0.497 e. The van der Waals surface area contributed by atoms with Gasteiger partial charge in [-0.05, 0) is 77.9 Å². The molecule has 0 unspecified atom stereocenters. The summed E-state index contributed by atoms with van der Waals surface area (Å²) in [6, 6.07) is 30.1. The second-order valence-corrected chi connectivity index (χ2v) is 11.9. The lowest BCUT2D eigenvalue weighted by atomic mass is 10.2. The highest BCUT2D eigenvalue weighted by Crippen LogP contribution is 2.37. The fraction of sp³-hybridized carbons (Fsp3) is 0.139. The monoisotopic (exact) mass is 690 g/mol. The number of hydrogen-bond acceptors (Lipinski definition) is 9. The third-order valence-electron chi connectivity index (χ3n) is 7.95. The van der Waals surface area contributed by atoms with Crippen molar-refractivity contribution in [2.75, 3.05) is 19.5 Å². The van der Waals surface area contributed by atoms with E-state index in [0.717, 1.165) is 33.7 Å². The molecule has 49 heavy (non-hydrogen) atoms. The van der Waals surface area contributed by atoms with E-state index in [1.807, 2.05) is 71.4 Å². The summed E-state index contributed by atoms with van der Waals surface area (Å²) in [7, 11) is 3.29. The first-order valence-electron chi connectivity index (χ1n) is 15.2. The van der Waals surface area contributed by atoms with Crippen LogP contribution in [-0.4, -0.2) is 44.0 Å². The first kappa shape index (κ1) is 31.8. The average Bonchev–Trinajstić information content (AvgIpc) is 3.69. The Hall–Kier alpha value is -5.83. The van der Waals surface area contributed by atoms with Crippen LogP contribution in [-0.2, 0) is 19.6 Å². The summed E-state index contributed by atoms with van der Waals surface area (Å²) in [5.41, 5.74) is 5.12. The Kier molecular flexibility index (Phi) is 8.89. The molecule has 13 heteroatoms. The Morgan fingerprint density at radius 1 is 0.796 bits per heavy atom. The number of anilines is 1. The van der Waals surface area contributed by atoms with Gasteiger partial charge < -0.3 is 19.5 Å². The van der Waals surface area contributed by atoms with Gasteiger partial charge in [-0.3, -0.25) is 4.68 Å². The summed E-state index contributed by atoms with van der Waals surface area (Å²) in [6.07, 6.45) is 0. The number of benzene rings is 4. The van der Waals surface area contributed by atoms with Gasteiger partial charge in [-0.2, -0.15) is 10.4 Å². The SMILES string of the molecule is COc1ccc(CNc2ccc3c(Cn4nnc5c(Oc6cc(Cl)cc(C#N)c6)c(Cl)ccc54)n(Cc4ccc(OC)cc4)nc3n2)cc1. The minimum absolute atomic E-state index is 0.308. The van der Waals surface area contributed by atoms with Crippen LogP contribution in [0.2, 0.25) is 10.0 Å². The van der Waals surface area contributed by atoms with E-state index in [-0.39, 0.29) is 0 Å². The molecule has 0 radical (unpaired) electrons. The molecule has 3 aromatic heterocycles. The summed E-state index contributed by atoms with van der Waals surface area (Å²) in [5.74, 6) is 2.95. The highest BCUT2D eigenvalue weighted by atomic mass is 35.5. The molecule has 4 aromatic carbocycles. The second-order valence-electron chi connectivity index (χ2n) is 11.1. The fourth-order valence-corrected chi connectivity index (χ4v) is 5.86. The zero-order chi connectivity index (χ0) is 33.9. The molecule has 0 amide bonds. The summed E-state index contributed by atoms with van der Waals surface area (Å²) < 4.78 is 20.5. The molecule has 7 aromatic rings. The minimum Gasteiger partial charge on any atom is -0.497 e. The highest BCUT2D eigenvalue weighted by Gasteiger charge is 2.20. The van der Waals surface area contributed by atoms with Gasteiger partial charge in [-0.25, -0.2) is 9.67 Å². The van der Waals surface area contributed by atoms with Crippen LogP contribution in [0.4, 0.5) is 5.82 Å². The van der Waals surface area contributed by atoms with E-state index in [2.05, 4.69) is 21.7 Å². The van der Waals surface area contributed by atoms with Crippen molar-refractivity contribution in [3.8, 4) is 29.1 Å². The average molecular weight is 692 g/mol. The maximum Gasteiger partial charge on any atom is 0.183 e. The predicted octanol–water partition coefficient (Wildman–Crippen LogP) is 7.87. The zero-order valence-corrected chi connectivity index (χ0v) is 27.9. The Labute approximate surface area is 291 Å². The zero-order valence-electron chi connectivity index (χ0n) is 26.4. The maximum absolute atomic E-state index is 9.38. The number of methoxy groups -OCH3 is 2. The van der Waals surface area contributed by atoms with Gasteiger partial charge in [-0.15, -0.1) is 5.10 Å². The van der Waals surface area contributed by atoms with Crippen molar-refractivity contribution in [3.05, 3.63) is 123 Å².